The van der Waals surface area contributed by atoms with Gasteiger partial charge >= 0.3 is 0 Å². The first kappa shape index (κ1) is 21.2. The number of imide groups is 1. The molecule has 158 valence electrons. The number of aromatic nitrogens is 1. The Hall–Kier alpha value is -3.07. The van der Waals surface area contributed by atoms with Crippen molar-refractivity contribution < 1.29 is 19.2 Å². The van der Waals surface area contributed by atoms with Crippen molar-refractivity contribution in [1.82, 2.24) is 10.0 Å². The van der Waals surface area contributed by atoms with Gasteiger partial charge in [-0.3, -0.25) is 24.5 Å². The molecule has 0 aliphatic carbocycles. The third-order valence-electron chi connectivity index (χ3n) is 4.76. The fraction of sp³-hybridized carbons (Fsp3) is 0.182. The molecule has 0 bridgehead atoms. The van der Waals surface area contributed by atoms with Crippen LogP contribution in [0.25, 0.3) is 0 Å². The number of hydrogen-bond donors (Lipinski definition) is 1. The Kier molecular flexibility index (Phi) is 6.13. The summed E-state index contributed by atoms with van der Waals surface area (Å²) < 4.78 is 0. The molecule has 3 amide bonds. The minimum atomic E-state index is -0.445. The molecule has 0 unspecified atom stereocenters. The van der Waals surface area contributed by atoms with Crippen LogP contribution in [-0.2, 0) is 11.3 Å². The van der Waals surface area contributed by atoms with Crippen molar-refractivity contribution in [1.29, 1.82) is 0 Å². The number of nitrogens with one attached hydrogen (secondary N) is 1. The summed E-state index contributed by atoms with van der Waals surface area (Å²) in [5, 5.41) is 4.45. The van der Waals surface area contributed by atoms with Gasteiger partial charge in [0.2, 0.25) is 0 Å². The Bertz CT molecular complexity index is 1140. The molecule has 1 N–H and O–H groups in total. The second kappa shape index (κ2) is 8.97. The van der Waals surface area contributed by atoms with Crippen molar-refractivity contribution in [2.24, 2.45) is 0 Å². The first-order valence-electron chi connectivity index (χ1n) is 9.58. The van der Waals surface area contributed by atoms with Gasteiger partial charge in [0.15, 0.2) is 5.13 Å². The molecule has 3 aromatic rings. The molecule has 0 fully saturated rings. The lowest BCUT2D eigenvalue weighted by Crippen LogP contribution is -2.30. The minimum Gasteiger partial charge on any atom is -0.298 e. The van der Waals surface area contributed by atoms with Crippen LogP contribution < -0.4 is 5.32 Å². The number of anilines is 1. The number of rotatable bonds is 7. The second-order valence-electron chi connectivity index (χ2n) is 6.85. The third-order valence-corrected chi connectivity index (χ3v) is 6.22. The summed E-state index contributed by atoms with van der Waals surface area (Å²) >= 11 is 7.44. The fourth-order valence-corrected chi connectivity index (χ4v) is 4.42. The van der Waals surface area contributed by atoms with Crippen molar-refractivity contribution in [2.75, 3.05) is 11.9 Å². The second-order valence-corrected chi connectivity index (χ2v) is 8.34. The summed E-state index contributed by atoms with van der Waals surface area (Å²) in [7, 11) is 0. The Balaban J connectivity index is 1.31. The molecule has 1 aliphatic rings. The summed E-state index contributed by atoms with van der Waals surface area (Å²) in [5.41, 5.74) is 1.89. The molecule has 0 spiro atoms. The van der Waals surface area contributed by atoms with Gasteiger partial charge in [0.05, 0.1) is 34.0 Å². The molecular formula is C22H18ClN3O4S. The quantitative estimate of drug-likeness (QED) is 0.418. The molecule has 1 aromatic heterocycles. The van der Waals surface area contributed by atoms with E-state index in [1.54, 1.807) is 48.5 Å². The van der Waals surface area contributed by atoms with Crippen molar-refractivity contribution in [3.8, 4) is 0 Å². The van der Waals surface area contributed by atoms with Crippen LogP contribution in [0.5, 0.6) is 0 Å². The van der Waals surface area contributed by atoms with E-state index in [0.717, 1.165) is 15.6 Å². The maximum atomic E-state index is 12.4. The Morgan fingerprint density at radius 3 is 2.42 bits per heavy atom. The molecule has 2 aromatic carbocycles. The standard InChI is InChI=1S/C22H18ClN3O4S/c1-13-18(31-22(24-13)25-19(27)16-9-4-5-10-17(16)23)11-6-12-30-26-20(28)14-7-2-3-8-15(14)21(26)29/h2-5,7-10H,6,11-12H2,1H3,(H,24,25,27). The largest absolute Gasteiger partial charge is 0.298 e. The van der Waals surface area contributed by atoms with Gasteiger partial charge in [-0.25, -0.2) is 4.98 Å². The van der Waals surface area contributed by atoms with Crippen molar-refractivity contribution >= 4 is 45.8 Å². The molecule has 7 nitrogen and oxygen atoms in total. The maximum absolute atomic E-state index is 12.4. The number of halogens is 1. The van der Waals surface area contributed by atoms with Crippen LogP contribution in [0.2, 0.25) is 5.02 Å². The lowest BCUT2D eigenvalue weighted by atomic mass is 10.1. The van der Waals surface area contributed by atoms with Gasteiger partial charge in [0, 0.05) is 4.88 Å². The SMILES string of the molecule is Cc1nc(NC(=O)c2ccccc2Cl)sc1CCCON1C(=O)c2ccccc2C1=O. The number of nitrogens with zero attached hydrogens (tertiary/aromatic N) is 2. The zero-order valence-electron chi connectivity index (χ0n) is 16.6. The van der Waals surface area contributed by atoms with Crippen LogP contribution in [-0.4, -0.2) is 34.4 Å². The van der Waals surface area contributed by atoms with Crippen molar-refractivity contribution in [2.45, 2.75) is 19.8 Å². The summed E-state index contributed by atoms with van der Waals surface area (Å²) in [5.74, 6) is -1.21. The van der Waals surface area contributed by atoms with Gasteiger partial charge in [-0.1, -0.05) is 35.9 Å². The van der Waals surface area contributed by atoms with E-state index in [1.165, 1.54) is 11.3 Å². The number of hydrogen-bond acceptors (Lipinski definition) is 6. The van der Waals surface area contributed by atoms with E-state index in [2.05, 4.69) is 10.3 Å². The molecule has 1 aliphatic heterocycles. The number of benzene rings is 2. The van der Waals surface area contributed by atoms with Gasteiger partial charge < -0.3 is 0 Å². The number of carbonyl (C=O) groups is 3. The molecule has 31 heavy (non-hydrogen) atoms. The molecule has 0 saturated heterocycles. The first-order valence-corrected chi connectivity index (χ1v) is 10.8. The summed E-state index contributed by atoms with van der Waals surface area (Å²) in [6, 6.07) is 13.4. The van der Waals surface area contributed by atoms with E-state index in [9.17, 15) is 14.4 Å². The number of carbonyl (C=O) groups excluding carboxylic acids is 3. The van der Waals surface area contributed by atoms with E-state index >= 15 is 0 Å². The highest BCUT2D eigenvalue weighted by atomic mass is 35.5. The predicted molar refractivity (Wildman–Crippen MR) is 117 cm³/mol. The number of thiazole rings is 1. The van der Waals surface area contributed by atoms with E-state index in [1.807, 2.05) is 6.92 Å². The normalized spacial score (nSPS) is 12.9. The topological polar surface area (TPSA) is 88.6 Å². The molecule has 0 radical (unpaired) electrons. The molecular weight excluding hydrogens is 438 g/mol. The number of amides is 3. The van der Waals surface area contributed by atoms with E-state index in [0.29, 0.717) is 39.7 Å². The highest BCUT2D eigenvalue weighted by molar-refractivity contribution is 7.15. The van der Waals surface area contributed by atoms with E-state index < -0.39 is 11.8 Å². The van der Waals surface area contributed by atoms with Crippen LogP contribution in [0.1, 0.15) is 48.1 Å². The van der Waals surface area contributed by atoms with Gasteiger partial charge in [-0.15, -0.1) is 16.4 Å². The smallest absolute Gasteiger partial charge is 0.285 e. The average Bonchev–Trinajstić information content (AvgIpc) is 3.22. The van der Waals surface area contributed by atoms with Gasteiger partial charge in [-0.2, -0.15) is 0 Å². The number of hydroxylamine groups is 2. The zero-order chi connectivity index (χ0) is 22.0. The van der Waals surface area contributed by atoms with Crippen molar-refractivity contribution in [3.05, 3.63) is 80.8 Å². The van der Waals surface area contributed by atoms with Crippen LogP contribution in [0, 0.1) is 6.92 Å². The average molecular weight is 456 g/mol. The van der Waals surface area contributed by atoms with Gasteiger partial charge in [0.1, 0.15) is 0 Å². The molecule has 4 rings (SSSR count). The molecule has 9 heteroatoms. The number of fused-ring (bicyclic) bond motifs is 1. The lowest BCUT2D eigenvalue weighted by molar-refractivity contribution is -0.0918. The maximum Gasteiger partial charge on any atom is 0.285 e. The fourth-order valence-electron chi connectivity index (χ4n) is 3.20. The summed E-state index contributed by atoms with van der Waals surface area (Å²) in [6.07, 6.45) is 1.21. The van der Waals surface area contributed by atoms with Gasteiger partial charge in [-0.05, 0) is 44.0 Å². The van der Waals surface area contributed by atoms with E-state index in [4.69, 9.17) is 16.4 Å². The Labute approximate surface area is 187 Å². The van der Waals surface area contributed by atoms with E-state index in [-0.39, 0.29) is 12.5 Å². The molecule has 0 atom stereocenters. The highest BCUT2D eigenvalue weighted by Crippen LogP contribution is 2.26. The van der Waals surface area contributed by atoms with Gasteiger partial charge in [0.25, 0.3) is 17.7 Å². The predicted octanol–water partition coefficient (Wildman–Crippen LogP) is 4.52. The van der Waals surface area contributed by atoms with Crippen molar-refractivity contribution in [3.63, 3.8) is 0 Å². The summed E-state index contributed by atoms with van der Waals surface area (Å²) in [4.78, 5) is 47.8. The summed E-state index contributed by atoms with van der Waals surface area (Å²) in [6.45, 7) is 2.06. The van der Waals surface area contributed by atoms with Crippen LogP contribution in [0.3, 0.4) is 0 Å². The van der Waals surface area contributed by atoms with Crippen LogP contribution >= 0.6 is 22.9 Å². The minimum absolute atomic E-state index is 0.199. The monoisotopic (exact) mass is 455 g/mol. The molecule has 2 heterocycles. The highest BCUT2D eigenvalue weighted by Gasteiger charge is 2.36. The first-order chi connectivity index (χ1) is 15.0. The van der Waals surface area contributed by atoms with Crippen LogP contribution in [0.15, 0.2) is 48.5 Å². The zero-order valence-corrected chi connectivity index (χ0v) is 18.1. The lowest BCUT2D eigenvalue weighted by Gasteiger charge is -2.12. The molecule has 0 saturated carbocycles. The third kappa shape index (κ3) is 4.36. The Morgan fingerprint density at radius 1 is 1.10 bits per heavy atom. The van der Waals surface area contributed by atoms with Crippen LogP contribution in [0.4, 0.5) is 5.13 Å². The Morgan fingerprint density at radius 2 is 1.74 bits per heavy atom. The number of aryl methyl sites for hydroxylation is 2.